The molecular formula is C10H15N3O3S. The number of nitrogens with zero attached hydrogens (tertiary/aromatic N) is 2. The number of methoxy groups -OCH3 is 1. The second-order valence-corrected chi connectivity index (χ2v) is 4.24. The summed E-state index contributed by atoms with van der Waals surface area (Å²) >= 11 is 1.38. The van der Waals surface area contributed by atoms with Crippen molar-refractivity contribution >= 4 is 17.7 Å². The van der Waals surface area contributed by atoms with Gasteiger partial charge in [0, 0.05) is 18.4 Å². The molecule has 0 spiro atoms. The van der Waals surface area contributed by atoms with Crippen LogP contribution in [0.5, 0.6) is 0 Å². The molecule has 0 aliphatic carbocycles. The highest BCUT2D eigenvalue weighted by molar-refractivity contribution is 7.99. The molecule has 1 aromatic rings. The SMILES string of the molecule is CCC(=CCSc1n[nH]c(=O)n1C)C(=O)OC. The highest BCUT2D eigenvalue weighted by Crippen LogP contribution is 2.14. The maximum Gasteiger partial charge on any atom is 0.343 e. The van der Waals surface area contributed by atoms with Crippen LogP contribution in [0, 0.1) is 0 Å². The van der Waals surface area contributed by atoms with E-state index in [0.717, 1.165) is 0 Å². The van der Waals surface area contributed by atoms with Crippen molar-refractivity contribution in [3.8, 4) is 0 Å². The van der Waals surface area contributed by atoms with E-state index < -0.39 is 0 Å². The van der Waals surface area contributed by atoms with Crippen molar-refractivity contribution in [2.24, 2.45) is 7.05 Å². The first kappa shape index (κ1) is 13.6. The molecule has 7 heteroatoms. The van der Waals surface area contributed by atoms with Crippen LogP contribution < -0.4 is 5.69 Å². The van der Waals surface area contributed by atoms with Crippen LogP contribution in [0.1, 0.15) is 13.3 Å². The summed E-state index contributed by atoms with van der Waals surface area (Å²) in [6.45, 7) is 1.89. The second-order valence-electron chi connectivity index (χ2n) is 3.26. The van der Waals surface area contributed by atoms with Gasteiger partial charge in [0.2, 0.25) is 0 Å². The van der Waals surface area contributed by atoms with Crippen molar-refractivity contribution < 1.29 is 9.53 Å². The van der Waals surface area contributed by atoms with Gasteiger partial charge in [-0.05, 0) is 6.42 Å². The molecule has 1 heterocycles. The molecule has 0 unspecified atom stereocenters. The average molecular weight is 257 g/mol. The van der Waals surface area contributed by atoms with E-state index in [-0.39, 0.29) is 11.7 Å². The molecule has 1 N–H and O–H groups in total. The summed E-state index contributed by atoms with van der Waals surface area (Å²) < 4.78 is 6.06. The fourth-order valence-electron chi connectivity index (χ4n) is 1.18. The summed E-state index contributed by atoms with van der Waals surface area (Å²) in [5.41, 5.74) is 0.376. The van der Waals surface area contributed by atoms with Gasteiger partial charge in [-0.2, -0.15) is 0 Å². The Morgan fingerprint density at radius 1 is 1.65 bits per heavy atom. The van der Waals surface area contributed by atoms with Gasteiger partial charge < -0.3 is 4.74 Å². The number of esters is 1. The van der Waals surface area contributed by atoms with Gasteiger partial charge in [0.1, 0.15) is 0 Å². The molecule has 0 aromatic carbocycles. The quantitative estimate of drug-likeness (QED) is 0.477. The van der Waals surface area contributed by atoms with E-state index in [1.165, 1.54) is 23.4 Å². The summed E-state index contributed by atoms with van der Waals surface area (Å²) in [6.07, 6.45) is 2.41. The molecule has 0 saturated heterocycles. The number of rotatable bonds is 5. The second kappa shape index (κ2) is 6.29. The largest absolute Gasteiger partial charge is 0.466 e. The first-order valence-electron chi connectivity index (χ1n) is 5.11. The van der Waals surface area contributed by atoms with Gasteiger partial charge in [-0.15, -0.1) is 5.10 Å². The third-order valence-electron chi connectivity index (χ3n) is 2.21. The average Bonchev–Trinajstić information content (AvgIpc) is 2.65. The summed E-state index contributed by atoms with van der Waals surface area (Å²) in [6, 6.07) is 0. The Labute approximate surface area is 103 Å². The fraction of sp³-hybridized carbons (Fsp3) is 0.500. The van der Waals surface area contributed by atoms with Crippen LogP contribution in [0.15, 0.2) is 21.6 Å². The minimum Gasteiger partial charge on any atom is -0.466 e. The number of hydrogen-bond acceptors (Lipinski definition) is 5. The fourth-order valence-corrected chi connectivity index (χ4v) is 2.00. The van der Waals surface area contributed by atoms with E-state index in [9.17, 15) is 9.59 Å². The van der Waals surface area contributed by atoms with Crippen LogP contribution in [0.3, 0.4) is 0 Å². The molecule has 0 bridgehead atoms. The van der Waals surface area contributed by atoms with Crippen molar-refractivity contribution in [2.75, 3.05) is 12.9 Å². The molecule has 1 rings (SSSR count). The number of nitrogens with one attached hydrogen (secondary N) is 1. The van der Waals surface area contributed by atoms with Gasteiger partial charge in [-0.25, -0.2) is 14.7 Å². The van der Waals surface area contributed by atoms with Crippen LogP contribution in [-0.2, 0) is 16.6 Å². The Balaban J connectivity index is 2.62. The maximum absolute atomic E-state index is 11.3. The molecule has 6 nitrogen and oxygen atoms in total. The molecule has 0 aliphatic rings. The van der Waals surface area contributed by atoms with E-state index in [0.29, 0.717) is 22.9 Å². The molecule has 0 radical (unpaired) electrons. The molecule has 0 fully saturated rings. The van der Waals surface area contributed by atoms with Crippen molar-refractivity contribution in [1.82, 2.24) is 14.8 Å². The van der Waals surface area contributed by atoms with Gasteiger partial charge in [0.05, 0.1) is 7.11 Å². The van der Waals surface area contributed by atoms with Crippen molar-refractivity contribution in [3.63, 3.8) is 0 Å². The summed E-state index contributed by atoms with van der Waals surface area (Å²) in [4.78, 5) is 22.4. The monoisotopic (exact) mass is 257 g/mol. The summed E-state index contributed by atoms with van der Waals surface area (Å²) in [5.74, 6) is 0.250. The van der Waals surface area contributed by atoms with Crippen molar-refractivity contribution in [2.45, 2.75) is 18.5 Å². The Morgan fingerprint density at radius 3 is 2.82 bits per heavy atom. The van der Waals surface area contributed by atoms with E-state index >= 15 is 0 Å². The lowest BCUT2D eigenvalue weighted by molar-refractivity contribution is -0.136. The van der Waals surface area contributed by atoms with Gasteiger partial charge in [0.25, 0.3) is 0 Å². The Bertz CT molecular complexity index is 475. The number of ether oxygens (including phenoxy) is 1. The number of carbonyl (C=O) groups is 1. The first-order valence-corrected chi connectivity index (χ1v) is 6.10. The maximum atomic E-state index is 11.3. The van der Waals surface area contributed by atoms with Crippen LogP contribution >= 0.6 is 11.8 Å². The Hall–Kier alpha value is -1.50. The lowest BCUT2D eigenvalue weighted by Gasteiger charge is -2.01. The molecule has 0 aliphatic heterocycles. The van der Waals surface area contributed by atoms with Crippen LogP contribution in [0.25, 0.3) is 0 Å². The van der Waals surface area contributed by atoms with Crippen LogP contribution in [-0.4, -0.2) is 33.6 Å². The molecule has 0 amide bonds. The predicted octanol–water partition coefficient (Wildman–Crippen LogP) is 0.710. The molecule has 1 aromatic heterocycles. The summed E-state index contributed by atoms with van der Waals surface area (Å²) in [5, 5.41) is 6.78. The first-order chi connectivity index (χ1) is 8.10. The standard InChI is InChI=1S/C10H15N3O3S/c1-4-7(8(14)16-3)5-6-17-10-12-11-9(15)13(10)2/h5H,4,6H2,1-3H3,(H,11,15). The lowest BCUT2D eigenvalue weighted by Crippen LogP contribution is -2.12. The molecule has 0 saturated carbocycles. The third kappa shape index (κ3) is 3.48. The van der Waals surface area contributed by atoms with E-state index in [1.807, 2.05) is 6.92 Å². The normalized spacial score (nSPS) is 11.6. The van der Waals surface area contributed by atoms with Crippen LogP contribution in [0.4, 0.5) is 0 Å². The lowest BCUT2D eigenvalue weighted by atomic mass is 10.2. The minimum absolute atomic E-state index is 0.250. The molecule has 0 atom stereocenters. The molecular weight excluding hydrogens is 242 g/mol. The molecule has 94 valence electrons. The number of aromatic amines is 1. The highest BCUT2D eigenvalue weighted by Gasteiger charge is 2.07. The zero-order valence-electron chi connectivity index (χ0n) is 10.0. The van der Waals surface area contributed by atoms with E-state index in [1.54, 1.807) is 13.1 Å². The zero-order valence-corrected chi connectivity index (χ0v) is 10.8. The smallest absolute Gasteiger partial charge is 0.343 e. The van der Waals surface area contributed by atoms with E-state index in [2.05, 4.69) is 14.9 Å². The summed E-state index contributed by atoms with van der Waals surface area (Å²) in [7, 11) is 3.00. The number of aromatic nitrogens is 3. The predicted molar refractivity (Wildman–Crippen MR) is 64.9 cm³/mol. The van der Waals surface area contributed by atoms with Crippen LogP contribution in [0.2, 0.25) is 0 Å². The Kier molecular flexibility index (Phi) is 5.02. The topological polar surface area (TPSA) is 77.0 Å². The van der Waals surface area contributed by atoms with Crippen molar-refractivity contribution in [3.05, 3.63) is 22.1 Å². The van der Waals surface area contributed by atoms with E-state index in [4.69, 9.17) is 0 Å². The van der Waals surface area contributed by atoms with Crippen molar-refractivity contribution in [1.29, 1.82) is 0 Å². The van der Waals surface area contributed by atoms with Gasteiger partial charge >= 0.3 is 11.7 Å². The number of carbonyl (C=O) groups excluding carboxylic acids is 1. The number of thioether (sulfide) groups is 1. The third-order valence-corrected chi connectivity index (χ3v) is 3.17. The van der Waals surface area contributed by atoms with Gasteiger partial charge in [-0.1, -0.05) is 24.8 Å². The zero-order chi connectivity index (χ0) is 12.8. The van der Waals surface area contributed by atoms with Gasteiger partial charge in [0.15, 0.2) is 5.16 Å². The van der Waals surface area contributed by atoms with Gasteiger partial charge in [-0.3, -0.25) is 4.57 Å². The Morgan fingerprint density at radius 2 is 2.35 bits per heavy atom. The molecule has 17 heavy (non-hydrogen) atoms. The number of H-pyrrole nitrogens is 1. The minimum atomic E-state index is -0.316. The highest BCUT2D eigenvalue weighted by atomic mass is 32.2. The number of hydrogen-bond donors (Lipinski definition) is 1.